The number of carbonyl (C=O) groups excluding carboxylic acids is 1. The SMILES string of the molecule is CC(C)OC(=O)N1CCC(C)(N2CCC(n3c(=O)[nH]c4ccc(F)cc43)CC2)C1. The molecule has 2 saturated heterocycles. The van der Waals surface area contributed by atoms with Gasteiger partial charge in [0.25, 0.3) is 0 Å². The summed E-state index contributed by atoms with van der Waals surface area (Å²) in [4.78, 5) is 31.7. The highest BCUT2D eigenvalue weighted by Crippen LogP contribution is 2.34. The zero-order valence-electron chi connectivity index (χ0n) is 17.3. The second kappa shape index (κ2) is 7.48. The van der Waals surface area contributed by atoms with E-state index in [9.17, 15) is 14.0 Å². The maximum atomic E-state index is 13.7. The van der Waals surface area contributed by atoms with Crippen molar-refractivity contribution in [3.8, 4) is 0 Å². The molecule has 0 aliphatic carbocycles. The molecular weight excluding hydrogens is 375 g/mol. The van der Waals surface area contributed by atoms with Crippen molar-refractivity contribution in [2.45, 2.75) is 57.7 Å². The Kier molecular flexibility index (Phi) is 5.14. The molecule has 1 atom stereocenters. The van der Waals surface area contributed by atoms with Crippen molar-refractivity contribution >= 4 is 17.1 Å². The fraction of sp³-hybridized carbons (Fsp3) is 0.619. The Morgan fingerprint density at radius 1 is 1.28 bits per heavy atom. The van der Waals surface area contributed by atoms with Crippen molar-refractivity contribution in [3.63, 3.8) is 0 Å². The molecule has 3 heterocycles. The molecule has 2 fully saturated rings. The van der Waals surface area contributed by atoms with Gasteiger partial charge in [-0.15, -0.1) is 0 Å². The molecule has 29 heavy (non-hydrogen) atoms. The normalized spacial score (nSPS) is 24.0. The zero-order chi connectivity index (χ0) is 20.8. The molecule has 1 aromatic heterocycles. The molecule has 8 heteroatoms. The van der Waals surface area contributed by atoms with E-state index in [1.54, 1.807) is 15.5 Å². The van der Waals surface area contributed by atoms with Gasteiger partial charge in [0.05, 0.1) is 17.1 Å². The zero-order valence-corrected chi connectivity index (χ0v) is 17.3. The minimum Gasteiger partial charge on any atom is -0.447 e. The maximum absolute atomic E-state index is 13.7. The molecule has 0 spiro atoms. The first kappa shape index (κ1) is 19.9. The molecule has 4 rings (SSSR count). The molecule has 0 radical (unpaired) electrons. The number of imidazole rings is 1. The number of nitrogens with one attached hydrogen (secondary N) is 1. The average molecular weight is 404 g/mol. The Bertz CT molecular complexity index is 960. The second-order valence-electron chi connectivity index (χ2n) is 8.78. The first-order chi connectivity index (χ1) is 13.8. The fourth-order valence-electron chi connectivity index (χ4n) is 4.76. The predicted octanol–water partition coefficient (Wildman–Crippen LogP) is 3.12. The van der Waals surface area contributed by atoms with Crippen LogP contribution in [0.25, 0.3) is 11.0 Å². The summed E-state index contributed by atoms with van der Waals surface area (Å²) in [5.74, 6) is -0.338. The van der Waals surface area contributed by atoms with E-state index in [2.05, 4.69) is 16.8 Å². The molecule has 2 aliphatic heterocycles. The van der Waals surface area contributed by atoms with E-state index in [4.69, 9.17) is 4.74 Å². The first-order valence-electron chi connectivity index (χ1n) is 10.4. The van der Waals surface area contributed by atoms with E-state index in [1.807, 2.05) is 13.8 Å². The number of aromatic amines is 1. The van der Waals surface area contributed by atoms with Gasteiger partial charge in [-0.3, -0.25) is 9.47 Å². The number of amides is 1. The lowest BCUT2D eigenvalue weighted by molar-refractivity contribution is 0.0562. The molecule has 2 aliphatic rings. The molecular formula is C21H29FN4O3. The second-order valence-corrected chi connectivity index (χ2v) is 8.78. The monoisotopic (exact) mass is 404 g/mol. The van der Waals surface area contributed by atoms with E-state index in [0.29, 0.717) is 24.1 Å². The summed E-state index contributed by atoms with van der Waals surface area (Å²) in [6.07, 6.45) is 2.17. The van der Waals surface area contributed by atoms with Crippen LogP contribution < -0.4 is 5.69 Å². The van der Waals surface area contributed by atoms with E-state index in [0.717, 1.165) is 32.4 Å². The molecule has 0 saturated carbocycles. The number of hydrogen-bond donors (Lipinski definition) is 1. The minimum absolute atomic E-state index is 0.0429. The topological polar surface area (TPSA) is 70.6 Å². The number of likely N-dealkylation sites (tertiary alicyclic amines) is 2. The van der Waals surface area contributed by atoms with Gasteiger partial charge >= 0.3 is 11.8 Å². The van der Waals surface area contributed by atoms with Crippen LogP contribution in [0.4, 0.5) is 9.18 Å². The van der Waals surface area contributed by atoms with Gasteiger partial charge in [-0.05, 0) is 58.2 Å². The third-order valence-electron chi connectivity index (χ3n) is 6.32. The summed E-state index contributed by atoms with van der Waals surface area (Å²) >= 11 is 0. The lowest BCUT2D eigenvalue weighted by Crippen LogP contribution is -2.52. The number of ether oxygens (including phenoxy) is 1. The Hall–Kier alpha value is -2.35. The van der Waals surface area contributed by atoms with Crippen LogP contribution in [0.2, 0.25) is 0 Å². The average Bonchev–Trinajstić information content (AvgIpc) is 3.22. The molecule has 1 aromatic carbocycles. The number of fused-ring (bicyclic) bond motifs is 1. The number of carbonyl (C=O) groups is 1. The Labute approximate surface area is 169 Å². The minimum atomic E-state index is -0.338. The van der Waals surface area contributed by atoms with Crippen LogP contribution in [-0.2, 0) is 4.74 Å². The highest BCUT2D eigenvalue weighted by atomic mass is 19.1. The molecule has 1 N–H and O–H groups in total. The van der Waals surface area contributed by atoms with Crippen LogP contribution in [0.1, 0.15) is 46.1 Å². The largest absolute Gasteiger partial charge is 0.447 e. The number of benzene rings is 1. The number of halogens is 1. The number of aromatic nitrogens is 2. The summed E-state index contributed by atoms with van der Waals surface area (Å²) in [7, 11) is 0. The van der Waals surface area contributed by atoms with E-state index in [-0.39, 0.29) is 35.3 Å². The Balaban J connectivity index is 1.44. The molecule has 7 nitrogen and oxygen atoms in total. The summed E-state index contributed by atoms with van der Waals surface area (Å²) in [5.41, 5.74) is 1.03. The van der Waals surface area contributed by atoms with Crippen molar-refractivity contribution in [1.82, 2.24) is 19.4 Å². The number of piperidine rings is 1. The van der Waals surface area contributed by atoms with Gasteiger partial charge in [0, 0.05) is 37.8 Å². The van der Waals surface area contributed by atoms with Crippen LogP contribution in [0.5, 0.6) is 0 Å². The summed E-state index contributed by atoms with van der Waals surface area (Å²) in [6.45, 7) is 8.94. The standard InChI is InChI=1S/C21H29FN4O3/c1-14(2)29-20(28)24-11-8-21(3,13-24)25-9-6-16(7-10-25)26-18-12-15(22)4-5-17(18)23-19(26)27/h4-5,12,14,16H,6-11,13H2,1-3H3,(H,23,27). The van der Waals surface area contributed by atoms with Crippen molar-refractivity contribution < 1.29 is 13.9 Å². The maximum Gasteiger partial charge on any atom is 0.410 e. The van der Waals surface area contributed by atoms with E-state index in [1.165, 1.54) is 12.1 Å². The fourth-order valence-corrected chi connectivity index (χ4v) is 4.76. The number of rotatable bonds is 3. The molecule has 1 amide bonds. The highest BCUT2D eigenvalue weighted by molar-refractivity contribution is 5.75. The van der Waals surface area contributed by atoms with Gasteiger partial charge in [0.15, 0.2) is 0 Å². The third kappa shape index (κ3) is 3.77. The molecule has 2 aromatic rings. The lowest BCUT2D eigenvalue weighted by Gasteiger charge is -2.43. The molecule has 1 unspecified atom stereocenters. The Morgan fingerprint density at radius 2 is 2.00 bits per heavy atom. The van der Waals surface area contributed by atoms with Gasteiger partial charge in [-0.25, -0.2) is 14.0 Å². The smallest absolute Gasteiger partial charge is 0.410 e. The van der Waals surface area contributed by atoms with Gasteiger partial charge < -0.3 is 14.6 Å². The highest BCUT2D eigenvalue weighted by Gasteiger charge is 2.42. The van der Waals surface area contributed by atoms with Gasteiger partial charge in [-0.2, -0.15) is 0 Å². The predicted molar refractivity (Wildman–Crippen MR) is 109 cm³/mol. The van der Waals surface area contributed by atoms with Crippen LogP contribution >= 0.6 is 0 Å². The van der Waals surface area contributed by atoms with Crippen molar-refractivity contribution in [1.29, 1.82) is 0 Å². The third-order valence-corrected chi connectivity index (χ3v) is 6.32. The van der Waals surface area contributed by atoms with Crippen LogP contribution in [0.3, 0.4) is 0 Å². The van der Waals surface area contributed by atoms with Crippen LogP contribution in [0.15, 0.2) is 23.0 Å². The van der Waals surface area contributed by atoms with Crippen molar-refractivity contribution in [3.05, 3.63) is 34.5 Å². The van der Waals surface area contributed by atoms with Gasteiger partial charge in [0.1, 0.15) is 5.82 Å². The lowest BCUT2D eigenvalue weighted by atomic mass is 9.94. The van der Waals surface area contributed by atoms with E-state index >= 15 is 0 Å². The Morgan fingerprint density at radius 3 is 2.69 bits per heavy atom. The summed E-state index contributed by atoms with van der Waals surface area (Å²) in [5, 5.41) is 0. The number of hydrogen-bond acceptors (Lipinski definition) is 4. The van der Waals surface area contributed by atoms with Crippen LogP contribution in [0, 0.1) is 5.82 Å². The van der Waals surface area contributed by atoms with Crippen molar-refractivity contribution in [2.75, 3.05) is 26.2 Å². The number of H-pyrrole nitrogens is 1. The summed E-state index contributed by atoms with van der Waals surface area (Å²) in [6, 6.07) is 4.45. The van der Waals surface area contributed by atoms with E-state index < -0.39 is 0 Å². The molecule has 158 valence electrons. The van der Waals surface area contributed by atoms with Crippen molar-refractivity contribution in [2.24, 2.45) is 0 Å². The number of nitrogens with zero attached hydrogens (tertiary/aromatic N) is 3. The van der Waals surface area contributed by atoms with Gasteiger partial charge in [-0.1, -0.05) is 0 Å². The summed E-state index contributed by atoms with van der Waals surface area (Å²) < 4.78 is 20.8. The van der Waals surface area contributed by atoms with Gasteiger partial charge in [0.2, 0.25) is 0 Å². The first-order valence-corrected chi connectivity index (χ1v) is 10.4. The quantitative estimate of drug-likeness (QED) is 0.853. The molecule has 0 bridgehead atoms. The van der Waals surface area contributed by atoms with Crippen LogP contribution in [-0.4, -0.2) is 63.3 Å².